The van der Waals surface area contributed by atoms with Crippen LogP contribution in [0, 0.1) is 0 Å². The summed E-state index contributed by atoms with van der Waals surface area (Å²) >= 11 is 1.35. The number of benzene rings is 1. The van der Waals surface area contributed by atoms with Gasteiger partial charge in [0.05, 0.1) is 24.9 Å². The van der Waals surface area contributed by atoms with E-state index in [9.17, 15) is 4.79 Å². The van der Waals surface area contributed by atoms with E-state index < -0.39 is 0 Å². The zero-order chi connectivity index (χ0) is 16.6. The maximum atomic E-state index is 11.0. The molecule has 0 aliphatic carbocycles. The predicted molar refractivity (Wildman–Crippen MR) is 94.4 cm³/mol. The molecule has 3 rings (SSSR count). The highest BCUT2D eigenvalue weighted by Crippen LogP contribution is 2.12. The van der Waals surface area contributed by atoms with E-state index >= 15 is 0 Å². The summed E-state index contributed by atoms with van der Waals surface area (Å²) in [6.45, 7) is 1.54. The average Bonchev–Trinajstić information content (AvgIpc) is 3.25. The quantitative estimate of drug-likeness (QED) is 0.473. The minimum Gasteiger partial charge on any atom is -0.494 e. The van der Waals surface area contributed by atoms with Crippen LogP contribution in [-0.2, 0) is 11.3 Å². The molecular weight excluding hydrogens is 326 g/mol. The first-order valence-corrected chi connectivity index (χ1v) is 8.50. The molecule has 2 aromatic rings. The molecule has 1 aliphatic rings. The number of ether oxygens (including phenoxy) is 1. The molecule has 2 heterocycles. The van der Waals surface area contributed by atoms with Gasteiger partial charge in [0.1, 0.15) is 5.75 Å². The molecule has 0 unspecified atom stereocenters. The van der Waals surface area contributed by atoms with Crippen molar-refractivity contribution in [2.75, 3.05) is 12.4 Å². The second kappa shape index (κ2) is 8.30. The van der Waals surface area contributed by atoms with E-state index in [1.54, 1.807) is 18.7 Å². The molecule has 24 heavy (non-hydrogen) atoms. The Morgan fingerprint density at radius 1 is 1.38 bits per heavy atom. The summed E-state index contributed by atoms with van der Waals surface area (Å²) in [5.74, 6) is 1.19. The van der Waals surface area contributed by atoms with Crippen LogP contribution in [0.3, 0.4) is 0 Å². The molecule has 0 bridgehead atoms. The first kappa shape index (κ1) is 16.3. The SMILES string of the molecule is O=C1CSC(=NN=Cc2ccc(OCCCn3ccnc3)cc2)N1. The number of carbonyl (C=O) groups excluding carboxylic acids is 1. The number of aromatic nitrogens is 2. The molecule has 8 heteroatoms. The fourth-order valence-corrected chi connectivity index (χ4v) is 2.66. The monoisotopic (exact) mass is 343 g/mol. The number of hydrogen-bond acceptors (Lipinski definition) is 6. The fourth-order valence-electron chi connectivity index (χ4n) is 2.03. The van der Waals surface area contributed by atoms with E-state index in [1.165, 1.54) is 11.8 Å². The molecule has 1 aromatic carbocycles. The zero-order valence-electron chi connectivity index (χ0n) is 13.0. The normalized spacial score (nSPS) is 16.0. The Kier molecular flexibility index (Phi) is 5.62. The zero-order valence-corrected chi connectivity index (χ0v) is 13.8. The third-order valence-corrected chi connectivity index (χ3v) is 4.07. The van der Waals surface area contributed by atoms with Gasteiger partial charge in [0.15, 0.2) is 5.17 Å². The number of nitrogens with one attached hydrogen (secondary N) is 1. The number of imidazole rings is 1. The first-order valence-electron chi connectivity index (χ1n) is 7.52. The van der Waals surface area contributed by atoms with Crippen LogP contribution < -0.4 is 10.1 Å². The van der Waals surface area contributed by atoms with Crippen LogP contribution in [0.2, 0.25) is 0 Å². The molecule has 0 saturated carbocycles. The summed E-state index contributed by atoms with van der Waals surface area (Å²) < 4.78 is 7.72. The van der Waals surface area contributed by atoms with Gasteiger partial charge in [-0.2, -0.15) is 5.10 Å². The van der Waals surface area contributed by atoms with E-state index in [0.717, 1.165) is 24.3 Å². The number of carbonyl (C=O) groups is 1. The molecule has 1 aliphatic heterocycles. The molecule has 0 atom stereocenters. The number of nitrogens with zero attached hydrogens (tertiary/aromatic N) is 4. The highest BCUT2D eigenvalue weighted by Gasteiger charge is 2.15. The summed E-state index contributed by atoms with van der Waals surface area (Å²) in [6, 6.07) is 7.63. The Morgan fingerprint density at radius 3 is 2.96 bits per heavy atom. The van der Waals surface area contributed by atoms with Crippen molar-refractivity contribution < 1.29 is 9.53 Å². The van der Waals surface area contributed by atoms with Gasteiger partial charge in [-0.3, -0.25) is 4.79 Å². The van der Waals surface area contributed by atoms with E-state index in [4.69, 9.17) is 4.74 Å². The molecule has 0 spiro atoms. The molecular formula is C16H17N5O2S. The van der Waals surface area contributed by atoms with E-state index in [2.05, 4.69) is 20.5 Å². The predicted octanol–water partition coefficient (Wildman–Crippen LogP) is 1.91. The van der Waals surface area contributed by atoms with Crippen molar-refractivity contribution in [1.82, 2.24) is 14.9 Å². The molecule has 124 valence electrons. The van der Waals surface area contributed by atoms with Crippen molar-refractivity contribution in [1.29, 1.82) is 0 Å². The Bertz CT molecular complexity index is 725. The Hall–Kier alpha value is -2.61. The van der Waals surface area contributed by atoms with Crippen LogP contribution in [0.5, 0.6) is 5.75 Å². The number of hydrogen-bond donors (Lipinski definition) is 1. The van der Waals surface area contributed by atoms with Gasteiger partial charge < -0.3 is 14.6 Å². The van der Waals surface area contributed by atoms with Crippen molar-refractivity contribution in [2.24, 2.45) is 10.2 Å². The summed E-state index contributed by atoms with van der Waals surface area (Å²) in [6.07, 6.45) is 8.06. The van der Waals surface area contributed by atoms with Crippen LogP contribution in [0.4, 0.5) is 0 Å². The van der Waals surface area contributed by atoms with E-state index in [-0.39, 0.29) is 5.91 Å². The molecule has 0 radical (unpaired) electrons. The standard InChI is InChI=1S/C16H17N5O2S/c22-15-11-24-16(19-15)20-18-10-13-2-4-14(5-3-13)23-9-1-7-21-8-6-17-12-21/h2-6,8,10,12H,1,7,9,11H2,(H,19,20,22). The number of thioether (sulfide) groups is 1. The molecule has 1 fully saturated rings. The van der Waals surface area contributed by atoms with Crippen LogP contribution >= 0.6 is 11.8 Å². The van der Waals surface area contributed by atoms with Crippen molar-refractivity contribution in [3.8, 4) is 5.75 Å². The highest BCUT2D eigenvalue weighted by molar-refractivity contribution is 8.15. The van der Waals surface area contributed by atoms with Crippen molar-refractivity contribution >= 4 is 29.1 Å². The molecule has 1 N–H and O–H groups in total. The lowest BCUT2D eigenvalue weighted by molar-refractivity contribution is -0.116. The summed E-state index contributed by atoms with van der Waals surface area (Å²) in [5, 5.41) is 11.1. The van der Waals surface area contributed by atoms with Gasteiger partial charge in [0.25, 0.3) is 0 Å². The van der Waals surface area contributed by atoms with Gasteiger partial charge >= 0.3 is 0 Å². The number of rotatable bonds is 7. The Labute approximate surface area is 143 Å². The fraction of sp³-hybridized carbons (Fsp3) is 0.250. The lowest BCUT2D eigenvalue weighted by Crippen LogP contribution is -2.19. The van der Waals surface area contributed by atoms with Gasteiger partial charge in [-0.05, 0) is 36.2 Å². The second-order valence-electron chi connectivity index (χ2n) is 5.06. The maximum Gasteiger partial charge on any atom is 0.236 e. The minimum absolute atomic E-state index is 0.0384. The van der Waals surface area contributed by atoms with E-state index in [1.807, 2.05) is 35.0 Å². The summed E-state index contributed by atoms with van der Waals surface area (Å²) in [7, 11) is 0. The number of amides is 1. The maximum absolute atomic E-state index is 11.0. The van der Waals surface area contributed by atoms with Crippen LogP contribution in [0.25, 0.3) is 0 Å². The lowest BCUT2D eigenvalue weighted by atomic mass is 10.2. The van der Waals surface area contributed by atoms with Crippen LogP contribution in [0.15, 0.2) is 53.2 Å². The van der Waals surface area contributed by atoms with Crippen molar-refractivity contribution in [3.05, 3.63) is 48.5 Å². The minimum atomic E-state index is -0.0384. The van der Waals surface area contributed by atoms with Gasteiger partial charge in [-0.15, -0.1) is 5.10 Å². The smallest absolute Gasteiger partial charge is 0.236 e. The van der Waals surface area contributed by atoms with Crippen molar-refractivity contribution in [2.45, 2.75) is 13.0 Å². The topological polar surface area (TPSA) is 80.9 Å². The lowest BCUT2D eigenvalue weighted by Gasteiger charge is -2.06. The average molecular weight is 343 g/mol. The summed E-state index contributed by atoms with van der Waals surface area (Å²) in [5.41, 5.74) is 0.916. The van der Waals surface area contributed by atoms with Gasteiger partial charge in [-0.1, -0.05) is 11.8 Å². The third-order valence-electron chi connectivity index (χ3n) is 3.21. The highest BCUT2D eigenvalue weighted by atomic mass is 32.2. The van der Waals surface area contributed by atoms with Gasteiger partial charge in [-0.25, -0.2) is 4.98 Å². The number of aryl methyl sites for hydroxylation is 1. The number of amidine groups is 1. The first-order chi connectivity index (χ1) is 11.8. The summed E-state index contributed by atoms with van der Waals surface area (Å²) in [4.78, 5) is 15.0. The van der Waals surface area contributed by atoms with Crippen LogP contribution in [-0.4, -0.2) is 39.2 Å². The van der Waals surface area contributed by atoms with Crippen LogP contribution in [0.1, 0.15) is 12.0 Å². The second-order valence-corrected chi connectivity index (χ2v) is 6.02. The van der Waals surface area contributed by atoms with E-state index in [0.29, 0.717) is 17.5 Å². The molecule has 1 aromatic heterocycles. The largest absolute Gasteiger partial charge is 0.494 e. The Morgan fingerprint density at radius 2 is 2.25 bits per heavy atom. The van der Waals surface area contributed by atoms with Crippen molar-refractivity contribution in [3.63, 3.8) is 0 Å². The van der Waals surface area contributed by atoms with Gasteiger partial charge in [0, 0.05) is 18.9 Å². The van der Waals surface area contributed by atoms with Gasteiger partial charge in [0.2, 0.25) is 5.91 Å². The third kappa shape index (κ3) is 4.95. The molecule has 7 nitrogen and oxygen atoms in total. The molecule has 1 saturated heterocycles. The Balaban J connectivity index is 1.42. The molecule has 1 amide bonds.